The molecule has 0 radical (unpaired) electrons. The van der Waals surface area contributed by atoms with Crippen molar-refractivity contribution in [3.8, 4) is 0 Å². The molecule has 1 N–H and O–H groups in total. The van der Waals surface area contributed by atoms with Crippen LogP contribution in [0.5, 0.6) is 0 Å². The number of nitrogens with zero attached hydrogens (tertiary/aromatic N) is 1. The van der Waals surface area contributed by atoms with Crippen molar-refractivity contribution in [2.45, 2.75) is 206 Å². The molecular formula is C51H95NO7P+. The van der Waals surface area contributed by atoms with E-state index in [0.717, 1.165) is 57.8 Å². The van der Waals surface area contributed by atoms with Gasteiger partial charge in [-0.2, -0.15) is 0 Å². The molecule has 0 bridgehead atoms. The van der Waals surface area contributed by atoms with Crippen LogP contribution in [0.4, 0.5) is 0 Å². The summed E-state index contributed by atoms with van der Waals surface area (Å²) in [7, 11) is 1.66. The zero-order valence-corrected chi connectivity index (χ0v) is 40.6. The summed E-state index contributed by atoms with van der Waals surface area (Å²) in [6, 6.07) is 0. The third-order valence-corrected chi connectivity index (χ3v) is 11.3. The zero-order chi connectivity index (χ0) is 44.1. The molecule has 60 heavy (non-hydrogen) atoms. The first-order valence-corrected chi connectivity index (χ1v) is 26.0. The van der Waals surface area contributed by atoms with E-state index in [9.17, 15) is 14.3 Å². The molecule has 0 saturated carbocycles. The lowest BCUT2D eigenvalue weighted by Crippen LogP contribution is -2.37. The molecule has 0 aromatic rings. The number of carbonyl (C=O) groups is 1. The van der Waals surface area contributed by atoms with Crippen LogP contribution in [-0.2, 0) is 27.9 Å². The minimum atomic E-state index is -4.28. The number of allylic oxidation sites excluding steroid dienone is 10. The van der Waals surface area contributed by atoms with E-state index in [4.69, 9.17) is 18.5 Å². The van der Waals surface area contributed by atoms with E-state index < -0.39 is 13.9 Å². The molecule has 2 atom stereocenters. The van der Waals surface area contributed by atoms with Crippen molar-refractivity contribution >= 4 is 13.8 Å². The summed E-state index contributed by atoms with van der Waals surface area (Å²) in [6.07, 6.45) is 55.5. The Labute approximate surface area is 370 Å². The second-order valence-electron chi connectivity index (χ2n) is 17.5. The van der Waals surface area contributed by atoms with Crippen molar-refractivity contribution in [2.75, 3.05) is 54.1 Å². The number of phosphoric acid groups is 1. The molecule has 0 aliphatic heterocycles. The van der Waals surface area contributed by atoms with Crippen molar-refractivity contribution in [3.63, 3.8) is 0 Å². The summed E-state index contributed by atoms with van der Waals surface area (Å²) in [5.41, 5.74) is 0. The van der Waals surface area contributed by atoms with E-state index in [1.807, 2.05) is 21.1 Å². The van der Waals surface area contributed by atoms with Gasteiger partial charge in [-0.25, -0.2) is 4.57 Å². The average Bonchev–Trinajstić information content (AvgIpc) is 3.20. The van der Waals surface area contributed by atoms with Gasteiger partial charge in [-0.15, -0.1) is 0 Å². The largest absolute Gasteiger partial charge is 0.472 e. The van der Waals surface area contributed by atoms with Gasteiger partial charge in [0.05, 0.1) is 34.4 Å². The SMILES string of the molecule is CC/C=C\C/C=C\C/C=C\C/C=C\CCCCCCCCCCCCCCC(=O)OC(COCCCCCCCC/C=C\CCCCC)COP(=O)(O)OCC[N+](C)(C)C. The highest BCUT2D eigenvalue weighted by atomic mass is 31.2. The van der Waals surface area contributed by atoms with Crippen LogP contribution in [0.2, 0.25) is 0 Å². The molecule has 9 heteroatoms. The minimum absolute atomic E-state index is 0.0855. The first kappa shape index (κ1) is 58.2. The molecule has 8 nitrogen and oxygen atoms in total. The quantitative estimate of drug-likeness (QED) is 0.0214. The number of phosphoric ester groups is 1. The molecule has 0 rings (SSSR count). The van der Waals surface area contributed by atoms with E-state index in [-0.39, 0.29) is 25.8 Å². The Balaban J connectivity index is 4.11. The summed E-state index contributed by atoms with van der Waals surface area (Å²) in [5.74, 6) is -0.319. The van der Waals surface area contributed by atoms with Gasteiger partial charge < -0.3 is 18.9 Å². The molecule has 2 unspecified atom stereocenters. The number of esters is 1. The predicted octanol–water partition coefficient (Wildman–Crippen LogP) is 14.9. The maximum atomic E-state index is 12.7. The molecule has 0 aliphatic carbocycles. The maximum Gasteiger partial charge on any atom is 0.472 e. The molecule has 0 aromatic heterocycles. The summed E-state index contributed by atoms with van der Waals surface area (Å²) in [4.78, 5) is 23.0. The van der Waals surface area contributed by atoms with Gasteiger partial charge in [0.2, 0.25) is 0 Å². The predicted molar refractivity (Wildman–Crippen MR) is 256 cm³/mol. The van der Waals surface area contributed by atoms with Gasteiger partial charge >= 0.3 is 13.8 Å². The van der Waals surface area contributed by atoms with Gasteiger partial charge in [0.1, 0.15) is 19.3 Å². The van der Waals surface area contributed by atoms with Crippen LogP contribution in [0.25, 0.3) is 0 Å². The molecule has 0 fully saturated rings. The number of ether oxygens (including phenoxy) is 2. The third-order valence-electron chi connectivity index (χ3n) is 10.3. The first-order valence-electron chi connectivity index (χ1n) is 24.5. The monoisotopic (exact) mass is 865 g/mol. The van der Waals surface area contributed by atoms with Crippen molar-refractivity contribution < 1.29 is 37.3 Å². The highest BCUT2D eigenvalue weighted by molar-refractivity contribution is 7.47. The molecule has 0 heterocycles. The van der Waals surface area contributed by atoms with Crippen LogP contribution in [0.15, 0.2) is 60.8 Å². The molecule has 0 spiro atoms. The van der Waals surface area contributed by atoms with E-state index in [0.29, 0.717) is 24.1 Å². The first-order chi connectivity index (χ1) is 29.1. The van der Waals surface area contributed by atoms with E-state index in [1.165, 1.54) is 122 Å². The lowest BCUT2D eigenvalue weighted by molar-refractivity contribution is -0.870. The minimum Gasteiger partial charge on any atom is -0.457 e. The highest BCUT2D eigenvalue weighted by Crippen LogP contribution is 2.43. The Morgan fingerprint density at radius 3 is 1.47 bits per heavy atom. The van der Waals surface area contributed by atoms with Gasteiger partial charge in [0.25, 0.3) is 0 Å². The number of unbranched alkanes of at least 4 members (excludes halogenated alkanes) is 21. The van der Waals surface area contributed by atoms with Crippen molar-refractivity contribution in [1.82, 2.24) is 0 Å². The highest BCUT2D eigenvalue weighted by Gasteiger charge is 2.26. The average molecular weight is 865 g/mol. The van der Waals surface area contributed by atoms with E-state index >= 15 is 0 Å². The van der Waals surface area contributed by atoms with Crippen molar-refractivity contribution in [3.05, 3.63) is 60.8 Å². The van der Waals surface area contributed by atoms with E-state index in [2.05, 4.69) is 74.6 Å². The zero-order valence-electron chi connectivity index (χ0n) is 39.7. The summed E-state index contributed by atoms with van der Waals surface area (Å²) < 4.78 is 35.1. The Bertz CT molecular complexity index is 1140. The van der Waals surface area contributed by atoms with Gasteiger partial charge in [0.15, 0.2) is 0 Å². The second-order valence-corrected chi connectivity index (χ2v) is 18.9. The number of hydrogen-bond acceptors (Lipinski definition) is 6. The van der Waals surface area contributed by atoms with Crippen LogP contribution in [0, 0.1) is 0 Å². The number of rotatable bonds is 45. The molecule has 0 aliphatic rings. The van der Waals surface area contributed by atoms with Gasteiger partial charge in [-0.3, -0.25) is 13.8 Å². The number of quaternary nitrogens is 1. The number of carbonyl (C=O) groups excluding carboxylic acids is 1. The van der Waals surface area contributed by atoms with Crippen LogP contribution >= 0.6 is 7.82 Å². The van der Waals surface area contributed by atoms with Crippen LogP contribution in [-0.4, -0.2) is 75.6 Å². The van der Waals surface area contributed by atoms with Crippen LogP contribution in [0.1, 0.15) is 200 Å². The smallest absolute Gasteiger partial charge is 0.457 e. The van der Waals surface area contributed by atoms with Crippen molar-refractivity contribution in [1.29, 1.82) is 0 Å². The van der Waals surface area contributed by atoms with Gasteiger partial charge in [-0.05, 0) is 77.0 Å². The maximum absolute atomic E-state index is 12.7. The summed E-state index contributed by atoms with van der Waals surface area (Å²) in [6.45, 7) is 5.48. The van der Waals surface area contributed by atoms with Crippen LogP contribution < -0.4 is 0 Å². The fourth-order valence-corrected chi connectivity index (χ4v) is 7.28. The lowest BCUT2D eigenvalue weighted by Gasteiger charge is -2.24. The Hall–Kier alpha value is -1.80. The fraction of sp³-hybridized carbons (Fsp3) is 0.784. The lowest BCUT2D eigenvalue weighted by atomic mass is 10.0. The van der Waals surface area contributed by atoms with Crippen molar-refractivity contribution in [2.24, 2.45) is 0 Å². The van der Waals surface area contributed by atoms with E-state index in [1.54, 1.807) is 0 Å². The molecule has 0 aromatic carbocycles. The Kier molecular flexibility index (Phi) is 42.5. The summed E-state index contributed by atoms with van der Waals surface area (Å²) >= 11 is 0. The normalized spacial score (nSPS) is 14.2. The molecular weight excluding hydrogens is 770 g/mol. The fourth-order valence-electron chi connectivity index (χ4n) is 6.54. The van der Waals surface area contributed by atoms with Gasteiger partial charge in [0, 0.05) is 13.0 Å². The number of hydrogen-bond donors (Lipinski definition) is 1. The second kappa shape index (κ2) is 43.8. The van der Waals surface area contributed by atoms with Gasteiger partial charge in [-0.1, -0.05) is 177 Å². The molecule has 0 saturated heterocycles. The topological polar surface area (TPSA) is 91.3 Å². The Morgan fingerprint density at radius 1 is 0.533 bits per heavy atom. The molecule has 0 amide bonds. The summed E-state index contributed by atoms with van der Waals surface area (Å²) in [5, 5.41) is 0. The van der Waals surface area contributed by atoms with Crippen LogP contribution in [0.3, 0.4) is 0 Å². The third kappa shape index (κ3) is 47.3. The Morgan fingerprint density at radius 2 is 0.967 bits per heavy atom. The number of likely N-dealkylation sites (N-methyl/N-ethyl adjacent to an activating group) is 1. The standard InChI is InChI=1S/C51H94NO7P/c1-6-8-10-12-14-16-18-20-21-22-23-24-25-26-27-28-29-30-31-32-34-36-38-40-42-44-51(53)59-50(49-58-60(54,55)57-47-45-52(3,4)5)48-56-46-43-41-39-37-35-33-19-17-15-13-11-9-7-2/h8,10,14-17,20-21,23-24,50H,6-7,9,11-13,18-19,22,25-49H2,1-5H3/p+1/b10-8-,16-14-,17-15-,21-20-,24-23-. The molecule has 350 valence electrons.